The lowest BCUT2D eigenvalue weighted by atomic mass is 10.1. The van der Waals surface area contributed by atoms with E-state index in [0.717, 1.165) is 6.07 Å². The minimum Gasteiger partial charge on any atom is -0.496 e. The molecule has 0 saturated heterocycles. The Balaban J connectivity index is 1.95. The summed E-state index contributed by atoms with van der Waals surface area (Å²) in [6.45, 7) is 0. The minimum atomic E-state index is -0.794. The molecule has 3 aromatic carbocycles. The lowest BCUT2D eigenvalue weighted by molar-refractivity contribution is -0.385. The fourth-order valence-corrected chi connectivity index (χ4v) is 3.49. The number of nitrogens with one attached hydrogen (secondary N) is 2. The van der Waals surface area contributed by atoms with Crippen molar-refractivity contribution in [2.75, 3.05) is 12.4 Å². The molecule has 0 spiro atoms. The number of hydrogen-bond acceptors (Lipinski definition) is 7. The maximum absolute atomic E-state index is 13.0. The van der Waals surface area contributed by atoms with Crippen molar-refractivity contribution >= 4 is 50.9 Å². The zero-order valence-corrected chi connectivity index (χ0v) is 19.6. The molecule has 2 amide bonds. The highest BCUT2D eigenvalue weighted by Gasteiger charge is 2.18. The van der Waals surface area contributed by atoms with Crippen LogP contribution in [0.15, 0.2) is 76.9 Å². The molecule has 3 rings (SSSR count). The van der Waals surface area contributed by atoms with Gasteiger partial charge in [-0.3, -0.25) is 29.8 Å². The molecule has 0 unspecified atom stereocenters. The summed E-state index contributed by atoms with van der Waals surface area (Å²) in [7, 11) is 1.47. The van der Waals surface area contributed by atoms with Gasteiger partial charge in [0, 0.05) is 35.5 Å². The Morgan fingerprint density at radius 2 is 1.60 bits per heavy atom. The zero-order valence-electron chi connectivity index (χ0n) is 18.1. The fraction of sp³-hybridized carbons (Fsp3) is 0.0435. The van der Waals surface area contributed by atoms with Gasteiger partial charge in [-0.15, -0.1) is 0 Å². The van der Waals surface area contributed by atoms with Crippen LogP contribution in [0.5, 0.6) is 5.75 Å². The van der Waals surface area contributed by atoms with Crippen LogP contribution in [-0.4, -0.2) is 28.8 Å². The maximum Gasteiger partial charge on any atom is 0.272 e. The van der Waals surface area contributed by atoms with Gasteiger partial charge in [0.2, 0.25) is 0 Å². The molecule has 0 aliphatic carbocycles. The summed E-state index contributed by atoms with van der Waals surface area (Å²) in [4.78, 5) is 46.9. The summed E-state index contributed by atoms with van der Waals surface area (Å²) in [5, 5.41) is 27.1. The van der Waals surface area contributed by atoms with Crippen molar-refractivity contribution in [2.45, 2.75) is 0 Å². The molecule has 0 atom stereocenters. The van der Waals surface area contributed by atoms with Gasteiger partial charge in [0.1, 0.15) is 11.4 Å². The number of methoxy groups -OCH3 is 1. The van der Waals surface area contributed by atoms with Crippen LogP contribution >= 0.6 is 15.9 Å². The SMILES string of the molecule is COc1ccc(C(=O)N/C(=C\c2cccc([N+](=O)[O-])c2)C(=O)Nc2cccc([N+](=O)[O-])c2)cc1Br. The number of non-ortho nitro benzene ring substituents is 2. The third kappa shape index (κ3) is 6.48. The highest BCUT2D eigenvalue weighted by Crippen LogP contribution is 2.26. The second-order valence-corrected chi connectivity index (χ2v) is 7.83. The molecule has 0 heterocycles. The lowest BCUT2D eigenvalue weighted by Crippen LogP contribution is -2.30. The third-order valence-corrected chi connectivity index (χ3v) is 5.23. The van der Waals surface area contributed by atoms with Crippen LogP contribution in [0.4, 0.5) is 17.1 Å². The first-order valence-electron chi connectivity index (χ1n) is 9.85. The fourth-order valence-electron chi connectivity index (χ4n) is 2.95. The van der Waals surface area contributed by atoms with Crippen molar-refractivity contribution in [1.82, 2.24) is 5.32 Å². The van der Waals surface area contributed by atoms with Gasteiger partial charge in [-0.25, -0.2) is 0 Å². The second kappa shape index (κ2) is 11.0. The number of anilines is 1. The summed E-state index contributed by atoms with van der Waals surface area (Å²) in [5.74, 6) is -0.936. The van der Waals surface area contributed by atoms with E-state index in [0.29, 0.717) is 10.2 Å². The Morgan fingerprint density at radius 3 is 2.23 bits per heavy atom. The number of amides is 2. The van der Waals surface area contributed by atoms with Crippen LogP contribution in [0, 0.1) is 20.2 Å². The van der Waals surface area contributed by atoms with Crippen molar-refractivity contribution in [1.29, 1.82) is 0 Å². The quantitative estimate of drug-likeness (QED) is 0.238. The van der Waals surface area contributed by atoms with E-state index in [-0.39, 0.29) is 33.9 Å². The molecule has 178 valence electrons. The van der Waals surface area contributed by atoms with Gasteiger partial charge in [0.15, 0.2) is 0 Å². The number of carbonyl (C=O) groups excluding carboxylic acids is 2. The van der Waals surface area contributed by atoms with Crippen LogP contribution in [0.25, 0.3) is 6.08 Å². The Bertz CT molecular complexity index is 1360. The van der Waals surface area contributed by atoms with Crippen molar-refractivity contribution in [2.24, 2.45) is 0 Å². The number of carbonyl (C=O) groups is 2. The first-order valence-corrected chi connectivity index (χ1v) is 10.6. The molecule has 35 heavy (non-hydrogen) atoms. The van der Waals surface area contributed by atoms with E-state index in [1.807, 2.05) is 0 Å². The summed E-state index contributed by atoms with van der Waals surface area (Å²) in [5.41, 5.74) is -0.0865. The average Bonchev–Trinajstić information content (AvgIpc) is 2.83. The van der Waals surface area contributed by atoms with E-state index >= 15 is 0 Å². The van der Waals surface area contributed by atoms with Gasteiger partial charge in [-0.1, -0.05) is 18.2 Å². The van der Waals surface area contributed by atoms with Gasteiger partial charge in [-0.2, -0.15) is 0 Å². The molecule has 0 fully saturated rings. The third-order valence-electron chi connectivity index (χ3n) is 4.61. The predicted molar refractivity (Wildman–Crippen MR) is 131 cm³/mol. The lowest BCUT2D eigenvalue weighted by Gasteiger charge is -2.12. The molecule has 0 bridgehead atoms. The van der Waals surface area contributed by atoms with Crippen LogP contribution in [0.2, 0.25) is 0 Å². The van der Waals surface area contributed by atoms with Gasteiger partial charge < -0.3 is 15.4 Å². The van der Waals surface area contributed by atoms with Crippen LogP contribution in [0.3, 0.4) is 0 Å². The Hall–Kier alpha value is -4.58. The summed E-state index contributed by atoms with van der Waals surface area (Å²) < 4.78 is 5.66. The topological polar surface area (TPSA) is 154 Å². The van der Waals surface area contributed by atoms with E-state index in [4.69, 9.17) is 4.74 Å². The van der Waals surface area contributed by atoms with Gasteiger partial charge in [0.05, 0.1) is 21.4 Å². The normalized spacial score (nSPS) is 10.9. The molecule has 0 aliphatic rings. The number of nitro benzene ring substituents is 2. The van der Waals surface area contributed by atoms with Gasteiger partial charge in [0.25, 0.3) is 23.2 Å². The maximum atomic E-state index is 13.0. The van der Waals surface area contributed by atoms with E-state index < -0.39 is 21.7 Å². The molecule has 0 aliphatic heterocycles. The van der Waals surface area contributed by atoms with Gasteiger partial charge >= 0.3 is 0 Å². The Kier molecular flexibility index (Phi) is 7.89. The summed E-state index contributed by atoms with van der Waals surface area (Å²) in [6, 6.07) is 15.3. The first kappa shape index (κ1) is 25.1. The van der Waals surface area contributed by atoms with Crippen LogP contribution in [0.1, 0.15) is 15.9 Å². The molecule has 0 radical (unpaired) electrons. The van der Waals surface area contributed by atoms with Crippen molar-refractivity contribution in [3.05, 3.63) is 108 Å². The highest BCUT2D eigenvalue weighted by molar-refractivity contribution is 9.10. The average molecular weight is 541 g/mol. The number of halogens is 1. The number of hydrogen-bond donors (Lipinski definition) is 2. The minimum absolute atomic E-state index is 0.121. The molecular formula is C23H17BrN4O7. The number of rotatable bonds is 8. The second-order valence-electron chi connectivity index (χ2n) is 6.98. The van der Waals surface area contributed by atoms with Crippen LogP contribution < -0.4 is 15.4 Å². The van der Waals surface area contributed by atoms with E-state index in [9.17, 15) is 29.8 Å². The highest BCUT2D eigenvalue weighted by atomic mass is 79.9. The van der Waals surface area contributed by atoms with E-state index in [2.05, 4.69) is 26.6 Å². The molecule has 2 N–H and O–H groups in total. The van der Waals surface area contributed by atoms with Crippen molar-refractivity contribution in [3.63, 3.8) is 0 Å². The van der Waals surface area contributed by atoms with E-state index in [1.165, 1.54) is 67.8 Å². The molecule has 0 aromatic heterocycles. The predicted octanol–water partition coefficient (Wildman–Crippen LogP) is 4.68. The molecule has 3 aromatic rings. The van der Waals surface area contributed by atoms with Gasteiger partial charge in [-0.05, 0) is 51.8 Å². The zero-order chi connectivity index (χ0) is 25.5. The number of nitrogens with zero attached hydrogens (tertiary/aromatic N) is 2. The first-order chi connectivity index (χ1) is 16.7. The monoisotopic (exact) mass is 540 g/mol. The summed E-state index contributed by atoms with van der Waals surface area (Å²) in [6.07, 6.45) is 1.26. The van der Waals surface area contributed by atoms with E-state index in [1.54, 1.807) is 6.07 Å². The van der Waals surface area contributed by atoms with Crippen molar-refractivity contribution < 1.29 is 24.2 Å². The standard InChI is InChI=1S/C23H17BrN4O7/c1-35-21-9-8-15(12-19(21)24)22(29)26-20(11-14-4-2-6-17(10-14)27(31)32)23(30)25-16-5-3-7-18(13-16)28(33)34/h2-13H,1H3,(H,25,30)(H,26,29)/b20-11-. The summed E-state index contributed by atoms with van der Waals surface area (Å²) >= 11 is 3.29. The molecule has 11 nitrogen and oxygen atoms in total. The largest absolute Gasteiger partial charge is 0.496 e. The van der Waals surface area contributed by atoms with Crippen LogP contribution in [-0.2, 0) is 4.79 Å². The Labute approximate surface area is 206 Å². The molecule has 0 saturated carbocycles. The Morgan fingerprint density at radius 1 is 0.943 bits per heavy atom. The molecular weight excluding hydrogens is 524 g/mol. The number of nitro groups is 2. The van der Waals surface area contributed by atoms with Crippen molar-refractivity contribution in [3.8, 4) is 5.75 Å². The molecule has 12 heteroatoms. The number of benzene rings is 3. The smallest absolute Gasteiger partial charge is 0.272 e. The number of ether oxygens (including phenoxy) is 1.